The van der Waals surface area contributed by atoms with Gasteiger partial charge in [0.25, 0.3) is 0 Å². The maximum absolute atomic E-state index is 6.17. The highest BCUT2D eigenvalue weighted by Crippen LogP contribution is 2.30. The number of hydrogen-bond donors (Lipinski definition) is 2. The van der Waals surface area contributed by atoms with Crippen molar-refractivity contribution in [3.63, 3.8) is 0 Å². The molecule has 4 rings (SSSR count). The molecule has 1 aliphatic rings. The van der Waals surface area contributed by atoms with Crippen LogP contribution in [0.15, 0.2) is 18.2 Å². The van der Waals surface area contributed by atoms with Gasteiger partial charge in [0, 0.05) is 49.2 Å². The number of anilines is 2. The Morgan fingerprint density at radius 3 is 2.52 bits per heavy atom. The van der Waals surface area contributed by atoms with Gasteiger partial charge in [0.15, 0.2) is 0 Å². The molecule has 1 aromatic carbocycles. The summed E-state index contributed by atoms with van der Waals surface area (Å²) >= 11 is 0. The van der Waals surface area contributed by atoms with Crippen molar-refractivity contribution in [1.82, 2.24) is 19.9 Å². The van der Waals surface area contributed by atoms with Crippen LogP contribution in [0.25, 0.3) is 21.9 Å². The van der Waals surface area contributed by atoms with E-state index in [4.69, 9.17) is 10.7 Å². The lowest BCUT2D eigenvalue weighted by Gasteiger charge is -2.43. The summed E-state index contributed by atoms with van der Waals surface area (Å²) in [6.45, 7) is 13.3. The number of aromatic nitrogens is 3. The Balaban J connectivity index is 1.69. The summed E-state index contributed by atoms with van der Waals surface area (Å²) < 4.78 is 0. The van der Waals surface area contributed by atoms with Gasteiger partial charge < -0.3 is 15.6 Å². The Bertz CT molecular complexity index is 960. The third-order valence-electron chi connectivity index (χ3n) is 5.57. The monoisotopic (exact) mass is 366 g/mol. The summed E-state index contributed by atoms with van der Waals surface area (Å²) in [4.78, 5) is 17.8. The van der Waals surface area contributed by atoms with Crippen LogP contribution in [0.2, 0.25) is 0 Å². The number of piperazine rings is 1. The number of nitrogen functional groups attached to an aromatic ring is 1. The largest absolute Gasteiger partial charge is 0.382 e. The molecule has 0 bridgehead atoms. The van der Waals surface area contributed by atoms with Gasteiger partial charge in [-0.3, -0.25) is 4.90 Å². The lowest BCUT2D eigenvalue weighted by atomic mass is 10.0. The minimum Gasteiger partial charge on any atom is -0.382 e. The first-order chi connectivity index (χ1) is 12.9. The predicted molar refractivity (Wildman–Crippen MR) is 113 cm³/mol. The highest BCUT2D eigenvalue weighted by atomic mass is 15.3. The van der Waals surface area contributed by atoms with Crippen LogP contribution in [0.3, 0.4) is 0 Å². The van der Waals surface area contributed by atoms with E-state index in [9.17, 15) is 0 Å². The molecule has 6 nitrogen and oxygen atoms in total. The lowest BCUT2D eigenvalue weighted by Crippen LogP contribution is -2.53. The Morgan fingerprint density at radius 2 is 1.85 bits per heavy atom. The van der Waals surface area contributed by atoms with Gasteiger partial charge in [-0.2, -0.15) is 0 Å². The number of hydrogen-bond acceptors (Lipinski definition) is 5. The van der Waals surface area contributed by atoms with Gasteiger partial charge in [0.1, 0.15) is 22.7 Å². The summed E-state index contributed by atoms with van der Waals surface area (Å²) in [7, 11) is 0. The number of rotatable bonds is 3. The van der Waals surface area contributed by atoms with Crippen LogP contribution in [0.4, 0.5) is 11.5 Å². The number of nitrogens with one attached hydrogen (secondary N) is 1. The SMILES string of the molecule is CCCc1nc2c([nH]1)c(N)nc1ccc(N3CCN(C(C)(C)C)CC3)cc12. The fraction of sp³-hybridized carbons (Fsp3) is 0.524. The van der Waals surface area contributed by atoms with E-state index in [2.05, 4.69) is 65.7 Å². The number of fused-ring (bicyclic) bond motifs is 3. The highest BCUT2D eigenvalue weighted by molar-refractivity contribution is 6.07. The smallest absolute Gasteiger partial charge is 0.150 e. The molecule has 1 fully saturated rings. The molecule has 0 unspecified atom stereocenters. The number of aryl methyl sites for hydroxylation is 1. The number of benzene rings is 1. The number of imidazole rings is 1. The molecule has 6 heteroatoms. The molecule has 1 saturated heterocycles. The molecule has 3 heterocycles. The van der Waals surface area contributed by atoms with Crippen molar-refractivity contribution in [3.05, 3.63) is 24.0 Å². The molecule has 3 N–H and O–H groups in total. The number of aromatic amines is 1. The standard InChI is InChI=1S/C21H30N6/c1-5-6-17-24-18-15-13-14(7-8-16(15)23-20(22)19(18)25-17)26-9-11-27(12-10-26)21(2,3)4/h7-8,13H,5-6,9-12H2,1-4H3,(H2,22,23)(H,24,25). The van der Waals surface area contributed by atoms with Crippen molar-refractivity contribution in [3.8, 4) is 0 Å². The van der Waals surface area contributed by atoms with Crippen molar-refractivity contribution in [2.45, 2.75) is 46.1 Å². The van der Waals surface area contributed by atoms with Crippen LogP contribution in [-0.2, 0) is 6.42 Å². The fourth-order valence-corrected chi connectivity index (χ4v) is 3.99. The van der Waals surface area contributed by atoms with Crippen LogP contribution in [0, 0.1) is 0 Å². The second kappa shape index (κ2) is 6.68. The first-order valence-corrected chi connectivity index (χ1v) is 9.94. The lowest BCUT2D eigenvalue weighted by molar-refractivity contribution is 0.128. The van der Waals surface area contributed by atoms with Crippen molar-refractivity contribution >= 4 is 33.4 Å². The van der Waals surface area contributed by atoms with Crippen LogP contribution < -0.4 is 10.6 Å². The van der Waals surface area contributed by atoms with Crippen LogP contribution in [0.5, 0.6) is 0 Å². The molecule has 0 spiro atoms. The number of nitrogens with two attached hydrogens (primary N) is 1. The van der Waals surface area contributed by atoms with Crippen molar-refractivity contribution in [2.75, 3.05) is 36.8 Å². The predicted octanol–water partition coefficient (Wildman–Crippen LogP) is 3.57. The summed E-state index contributed by atoms with van der Waals surface area (Å²) in [5.74, 6) is 1.51. The number of pyridine rings is 1. The van der Waals surface area contributed by atoms with Gasteiger partial charge in [-0.25, -0.2) is 9.97 Å². The molecule has 1 aliphatic heterocycles. The second-order valence-electron chi connectivity index (χ2n) is 8.50. The molecule has 0 atom stereocenters. The van der Waals surface area contributed by atoms with Crippen molar-refractivity contribution in [1.29, 1.82) is 0 Å². The number of nitrogens with zero attached hydrogens (tertiary/aromatic N) is 4. The van der Waals surface area contributed by atoms with Crippen molar-refractivity contribution in [2.24, 2.45) is 0 Å². The van der Waals surface area contributed by atoms with E-state index in [1.807, 2.05) is 0 Å². The molecule has 0 aliphatic carbocycles. The summed E-state index contributed by atoms with van der Waals surface area (Å²) in [5.41, 5.74) is 10.4. The topological polar surface area (TPSA) is 74.1 Å². The number of H-pyrrole nitrogens is 1. The van der Waals surface area contributed by atoms with E-state index >= 15 is 0 Å². The summed E-state index contributed by atoms with van der Waals surface area (Å²) in [6, 6.07) is 6.46. The van der Waals surface area contributed by atoms with Gasteiger partial charge in [-0.15, -0.1) is 0 Å². The normalized spacial score (nSPS) is 16.5. The molecule has 0 saturated carbocycles. The van der Waals surface area contributed by atoms with Gasteiger partial charge in [0.2, 0.25) is 0 Å². The zero-order valence-corrected chi connectivity index (χ0v) is 16.8. The third kappa shape index (κ3) is 3.34. The van der Waals surface area contributed by atoms with Gasteiger partial charge >= 0.3 is 0 Å². The van der Waals surface area contributed by atoms with Gasteiger partial charge in [-0.05, 0) is 45.4 Å². The fourth-order valence-electron chi connectivity index (χ4n) is 3.99. The maximum atomic E-state index is 6.17. The van der Waals surface area contributed by atoms with E-state index in [0.29, 0.717) is 5.82 Å². The molecule has 0 amide bonds. The molecule has 3 aromatic rings. The van der Waals surface area contributed by atoms with Crippen molar-refractivity contribution < 1.29 is 0 Å². The zero-order valence-electron chi connectivity index (χ0n) is 16.8. The molecule has 0 radical (unpaired) electrons. The quantitative estimate of drug-likeness (QED) is 0.741. The zero-order chi connectivity index (χ0) is 19.2. The van der Waals surface area contributed by atoms with E-state index in [-0.39, 0.29) is 5.54 Å². The first kappa shape index (κ1) is 18.0. The molecule has 2 aromatic heterocycles. The van der Waals surface area contributed by atoms with Gasteiger partial charge in [-0.1, -0.05) is 6.92 Å². The Hall–Kier alpha value is -2.34. The average Bonchev–Trinajstić information content (AvgIpc) is 3.06. The molecular formula is C21H30N6. The Morgan fingerprint density at radius 1 is 1.11 bits per heavy atom. The molecular weight excluding hydrogens is 336 g/mol. The van der Waals surface area contributed by atoms with E-state index in [1.54, 1.807) is 0 Å². The average molecular weight is 367 g/mol. The third-order valence-corrected chi connectivity index (χ3v) is 5.57. The Kier molecular flexibility index (Phi) is 4.46. The summed E-state index contributed by atoms with van der Waals surface area (Å²) in [6.07, 6.45) is 1.97. The minimum atomic E-state index is 0.230. The first-order valence-electron chi connectivity index (χ1n) is 9.94. The van der Waals surface area contributed by atoms with Crippen LogP contribution in [0.1, 0.15) is 39.9 Å². The Labute approximate surface area is 160 Å². The van der Waals surface area contributed by atoms with E-state index in [1.165, 1.54) is 5.69 Å². The second-order valence-corrected chi connectivity index (χ2v) is 8.50. The molecule has 144 valence electrons. The molecule has 27 heavy (non-hydrogen) atoms. The highest BCUT2D eigenvalue weighted by Gasteiger charge is 2.26. The maximum Gasteiger partial charge on any atom is 0.150 e. The van der Waals surface area contributed by atoms with E-state index in [0.717, 1.165) is 66.8 Å². The van der Waals surface area contributed by atoms with Crippen LogP contribution >= 0.6 is 0 Å². The minimum absolute atomic E-state index is 0.230. The van der Waals surface area contributed by atoms with Crippen LogP contribution in [-0.4, -0.2) is 51.6 Å². The summed E-state index contributed by atoms with van der Waals surface area (Å²) in [5, 5.41) is 1.08. The van der Waals surface area contributed by atoms with E-state index < -0.39 is 0 Å². The van der Waals surface area contributed by atoms with Gasteiger partial charge in [0.05, 0.1) is 5.52 Å².